The Hall–Kier alpha value is -2.36. The van der Waals surface area contributed by atoms with Crippen LogP contribution in [0.2, 0.25) is 0 Å². The van der Waals surface area contributed by atoms with E-state index in [0.29, 0.717) is 5.69 Å². The Kier molecular flexibility index (Phi) is 4.09. The maximum atomic E-state index is 12.7. The van der Waals surface area contributed by atoms with Crippen LogP contribution in [0.5, 0.6) is 0 Å². The molecule has 3 rings (SSSR count). The summed E-state index contributed by atoms with van der Waals surface area (Å²) < 4.78 is 0. The Morgan fingerprint density at radius 1 is 1.14 bits per heavy atom. The second kappa shape index (κ2) is 6.18. The molecule has 0 unspecified atom stereocenters. The molecule has 4 heteroatoms. The molecule has 2 heterocycles. The number of aryl methyl sites for hydroxylation is 1. The van der Waals surface area contributed by atoms with Gasteiger partial charge in [0.1, 0.15) is 5.69 Å². The SMILES string of the molecule is Cc1cccnc1C(=O)N1CCN(c2ccccc2)C[C@H]1C. The number of rotatable bonds is 2. The summed E-state index contributed by atoms with van der Waals surface area (Å²) in [5.41, 5.74) is 2.73. The minimum atomic E-state index is 0.0401. The predicted octanol–water partition coefficient (Wildman–Crippen LogP) is 2.74. The van der Waals surface area contributed by atoms with E-state index >= 15 is 0 Å². The predicted molar refractivity (Wildman–Crippen MR) is 88.1 cm³/mol. The van der Waals surface area contributed by atoms with Crippen molar-refractivity contribution in [2.24, 2.45) is 0 Å². The molecule has 2 aromatic rings. The summed E-state index contributed by atoms with van der Waals surface area (Å²) in [6.45, 7) is 6.47. The molecular formula is C18H21N3O. The number of piperazine rings is 1. The molecule has 0 N–H and O–H groups in total. The summed E-state index contributed by atoms with van der Waals surface area (Å²) in [6.07, 6.45) is 1.69. The first kappa shape index (κ1) is 14.6. The average Bonchev–Trinajstić information content (AvgIpc) is 2.55. The Morgan fingerprint density at radius 3 is 2.59 bits per heavy atom. The van der Waals surface area contributed by atoms with Gasteiger partial charge in [-0.15, -0.1) is 0 Å². The molecule has 1 aliphatic rings. The second-order valence-electron chi connectivity index (χ2n) is 5.80. The van der Waals surface area contributed by atoms with Gasteiger partial charge in [-0.25, -0.2) is 0 Å². The van der Waals surface area contributed by atoms with Crippen molar-refractivity contribution in [2.45, 2.75) is 19.9 Å². The Labute approximate surface area is 131 Å². The van der Waals surface area contributed by atoms with Gasteiger partial charge in [-0.1, -0.05) is 24.3 Å². The summed E-state index contributed by atoms with van der Waals surface area (Å²) in [7, 11) is 0. The summed E-state index contributed by atoms with van der Waals surface area (Å²) in [4.78, 5) is 21.3. The standard InChI is InChI=1S/C18H21N3O/c1-14-7-6-10-19-17(14)18(22)21-12-11-20(13-15(21)2)16-8-4-3-5-9-16/h3-10,15H,11-13H2,1-2H3/t15-/m1/s1. The van der Waals surface area contributed by atoms with Crippen molar-refractivity contribution in [3.8, 4) is 0 Å². The maximum absolute atomic E-state index is 12.7. The van der Waals surface area contributed by atoms with Gasteiger partial charge in [0, 0.05) is 37.6 Å². The zero-order valence-electron chi connectivity index (χ0n) is 13.1. The first-order valence-corrected chi connectivity index (χ1v) is 7.69. The Balaban J connectivity index is 1.73. The zero-order valence-corrected chi connectivity index (χ0v) is 13.1. The van der Waals surface area contributed by atoms with Crippen molar-refractivity contribution >= 4 is 11.6 Å². The van der Waals surface area contributed by atoms with Crippen molar-refractivity contribution in [3.63, 3.8) is 0 Å². The monoisotopic (exact) mass is 295 g/mol. The lowest BCUT2D eigenvalue weighted by atomic mass is 10.1. The van der Waals surface area contributed by atoms with Crippen molar-refractivity contribution in [1.29, 1.82) is 0 Å². The number of aromatic nitrogens is 1. The normalized spacial score (nSPS) is 18.4. The van der Waals surface area contributed by atoms with Crippen LogP contribution in [-0.2, 0) is 0 Å². The van der Waals surface area contributed by atoms with Crippen LogP contribution in [0.15, 0.2) is 48.7 Å². The summed E-state index contributed by atoms with van der Waals surface area (Å²) in [6, 6.07) is 14.3. The van der Waals surface area contributed by atoms with E-state index in [-0.39, 0.29) is 11.9 Å². The smallest absolute Gasteiger partial charge is 0.273 e. The molecule has 1 atom stereocenters. The van der Waals surface area contributed by atoms with Gasteiger partial charge < -0.3 is 9.80 Å². The number of hydrogen-bond acceptors (Lipinski definition) is 3. The highest BCUT2D eigenvalue weighted by Gasteiger charge is 2.29. The summed E-state index contributed by atoms with van der Waals surface area (Å²) >= 11 is 0. The largest absolute Gasteiger partial charge is 0.368 e. The molecule has 0 radical (unpaired) electrons. The third-order valence-electron chi connectivity index (χ3n) is 4.22. The van der Waals surface area contributed by atoms with E-state index in [9.17, 15) is 4.79 Å². The van der Waals surface area contributed by atoms with E-state index in [1.165, 1.54) is 5.69 Å². The van der Waals surface area contributed by atoms with Crippen molar-refractivity contribution < 1.29 is 4.79 Å². The van der Waals surface area contributed by atoms with Gasteiger partial charge >= 0.3 is 0 Å². The molecule has 114 valence electrons. The van der Waals surface area contributed by atoms with Crippen molar-refractivity contribution in [2.75, 3.05) is 24.5 Å². The molecule has 0 saturated carbocycles. The number of amides is 1. The molecule has 0 aliphatic carbocycles. The molecule has 1 aromatic heterocycles. The van der Waals surface area contributed by atoms with Gasteiger partial charge in [-0.3, -0.25) is 9.78 Å². The van der Waals surface area contributed by atoms with Crippen LogP contribution in [0, 0.1) is 6.92 Å². The Bertz CT molecular complexity index is 656. The number of benzene rings is 1. The summed E-state index contributed by atoms with van der Waals surface area (Å²) in [5, 5.41) is 0. The lowest BCUT2D eigenvalue weighted by Gasteiger charge is -2.41. The van der Waals surface area contributed by atoms with Crippen LogP contribution >= 0.6 is 0 Å². The number of anilines is 1. The van der Waals surface area contributed by atoms with Gasteiger partial charge in [-0.2, -0.15) is 0 Å². The van der Waals surface area contributed by atoms with Crippen molar-refractivity contribution in [3.05, 3.63) is 59.9 Å². The van der Waals surface area contributed by atoms with E-state index in [2.05, 4.69) is 41.1 Å². The fourth-order valence-electron chi connectivity index (χ4n) is 2.98. The number of carbonyl (C=O) groups is 1. The fraction of sp³-hybridized carbons (Fsp3) is 0.333. The van der Waals surface area contributed by atoms with Crippen LogP contribution < -0.4 is 4.90 Å². The lowest BCUT2D eigenvalue weighted by molar-refractivity contribution is 0.0667. The summed E-state index contributed by atoms with van der Waals surface area (Å²) in [5.74, 6) is 0.0401. The Morgan fingerprint density at radius 2 is 1.91 bits per heavy atom. The molecule has 1 fully saturated rings. The van der Waals surface area contributed by atoms with Crippen LogP contribution in [0.1, 0.15) is 23.0 Å². The van der Waals surface area contributed by atoms with Crippen LogP contribution in [0.4, 0.5) is 5.69 Å². The van der Waals surface area contributed by atoms with E-state index < -0.39 is 0 Å². The zero-order chi connectivity index (χ0) is 15.5. The lowest BCUT2D eigenvalue weighted by Crippen LogP contribution is -2.54. The van der Waals surface area contributed by atoms with Gasteiger partial charge in [-0.05, 0) is 37.6 Å². The van der Waals surface area contributed by atoms with Gasteiger partial charge in [0.15, 0.2) is 0 Å². The van der Waals surface area contributed by atoms with Gasteiger partial charge in [0.2, 0.25) is 0 Å². The number of pyridine rings is 1. The van der Waals surface area contributed by atoms with Crippen LogP contribution in [0.25, 0.3) is 0 Å². The molecule has 0 spiro atoms. The second-order valence-corrected chi connectivity index (χ2v) is 5.80. The highest BCUT2D eigenvalue weighted by molar-refractivity contribution is 5.94. The molecule has 4 nitrogen and oxygen atoms in total. The van der Waals surface area contributed by atoms with Crippen molar-refractivity contribution in [1.82, 2.24) is 9.88 Å². The van der Waals surface area contributed by atoms with Crippen LogP contribution in [-0.4, -0.2) is 41.5 Å². The molecule has 1 saturated heterocycles. The minimum absolute atomic E-state index is 0.0401. The first-order chi connectivity index (χ1) is 10.7. The van der Waals surface area contributed by atoms with Gasteiger partial charge in [0.05, 0.1) is 0 Å². The third kappa shape index (κ3) is 2.82. The highest BCUT2D eigenvalue weighted by atomic mass is 16.2. The molecular weight excluding hydrogens is 274 g/mol. The fourth-order valence-corrected chi connectivity index (χ4v) is 2.98. The average molecular weight is 295 g/mol. The number of carbonyl (C=O) groups excluding carboxylic acids is 1. The topological polar surface area (TPSA) is 36.4 Å². The third-order valence-corrected chi connectivity index (χ3v) is 4.22. The van der Waals surface area contributed by atoms with E-state index in [1.807, 2.05) is 30.0 Å². The molecule has 22 heavy (non-hydrogen) atoms. The molecule has 1 aliphatic heterocycles. The quantitative estimate of drug-likeness (QED) is 0.855. The molecule has 0 bridgehead atoms. The van der Waals surface area contributed by atoms with E-state index in [4.69, 9.17) is 0 Å². The molecule has 1 aromatic carbocycles. The maximum Gasteiger partial charge on any atom is 0.273 e. The minimum Gasteiger partial charge on any atom is -0.368 e. The van der Waals surface area contributed by atoms with E-state index in [1.54, 1.807) is 6.20 Å². The molecule has 1 amide bonds. The number of hydrogen-bond donors (Lipinski definition) is 0. The number of para-hydroxylation sites is 1. The highest BCUT2D eigenvalue weighted by Crippen LogP contribution is 2.20. The first-order valence-electron chi connectivity index (χ1n) is 7.69. The number of nitrogens with zero attached hydrogens (tertiary/aromatic N) is 3. The van der Waals surface area contributed by atoms with Crippen LogP contribution in [0.3, 0.4) is 0 Å². The van der Waals surface area contributed by atoms with E-state index in [0.717, 1.165) is 25.2 Å². The van der Waals surface area contributed by atoms with Gasteiger partial charge in [0.25, 0.3) is 5.91 Å².